The van der Waals surface area contributed by atoms with Crippen LogP contribution in [0.25, 0.3) is 0 Å². The molecule has 0 amide bonds. The lowest BCUT2D eigenvalue weighted by Crippen LogP contribution is -2.54. The van der Waals surface area contributed by atoms with E-state index in [1.807, 2.05) is 0 Å². The largest absolute Gasteiger partial charge is 0.396 e. The molecular weight excluding hydrogens is 370 g/mol. The summed E-state index contributed by atoms with van der Waals surface area (Å²) >= 11 is 0. The van der Waals surface area contributed by atoms with Crippen molar-refractivity contribution in [3.63, 3.8) is 0 Å². The molecule has 0 aromatic rings. The molecule has 3 heteroatoms. The summed E-state index contributed by atoms with van der Waals surface area (Å²) in [5, 5.41) is 9.31. The highest BCUT2D eigenvalue weighted by Crippen LogP contribution is 2.68. The number of hydrogen-bond donors (Lipinski definition) is 2. The summed E-state index contributed by atoms with van der Waals surface area (Å²) in [5.74, 6) is 5.40. The van der Waals surface area contributed by atoms with E-state index in [2.05, 4.69) is 20.8 Å². The maximum atomic E-state index is 9.31. The SMILES string of the molecule is C[C@H](CCCO)C1CCC2C3CCC4C[C@H](OCCCN)CCC4(C)C3CCC21C. The molecular formula is C27H49NO2. The van der Waals surface area contributed by atoms with E-state index < -0.39 is 0 Å². The predicted molar refractivity (Wildman–Crippen MR) is 124 cm³/mol. The van der Waals surface area contributed by atoms with Crippen LogP contribution in [0.15, 0.2) is 0 Å². The summed E-state index contributed by atoms with van der Waals surface area (Å²) in [4.78, 5) is 0. The summed E-state index contributed by atoms with van der Waals surface area (Å²) in [5.41, 5.74) is 6.77. The summed E-state index contributed by atoms with van der Waals surface area (Å²) in [7, 11) is 0. The number of nitrogens with two attached hydrogens (primary N) is 1. The first-order valence-electron chi connectivity index (χ1n) is 13.4. The van der Waals surface area contributed by atoms with Gasteiger partial charge in [0.1, 0.15) is 0 Å². The van der Waals surface area contributed by atoms with Crippen LogP contribution in [0.3, 0.4) is 0 Å². The zero-order valence-corrected chi connectivity index (χ0v) is 20.1. The number of hydrogen-bond acceptors (Lipinski definition) is 3. The van der Waals surface area contributed by atoms with Gasteiger partial charge in [-0.3, -0.25) is 0 Å². The van der Waals surface area contributed by atoms with Gasteiger partial charge in [-0.2, -0.15) is 0 Å². The minimum Gasteiger partial charge on any atom is -0.396 e. The lowest BCUT2D eigenvalue weighted by Gasteiger charge is -2.61. The average Bonchev–Trinajstić information content (AvgIpc) is 3.09. The highest BCUT2D eigenvalue weighted by Gasteiger charge is 2.60. The van der Waals surface area contributed by atoms with E-state index >= 15 is 0 Å². The second-order valence-electron chi connectivity index (χ2n) is 12.1. The quantitative estimate of drug-likeness (QED) is 0.490. The maximum Gasteiger partial charge on any atom is 0.0578 e. The van der Waals surface area contributed by atoms with Crippen molar-refractivity contribution in [2.45, 2.75) is 104 Å². The molecule has 174 valence electrons. The van der Waals surface area contributed by atoms with Crippen molar-refractivity contribution in [3.8, 4) is 0 Å². The van der Waals surface area contributed by atoms with E-state index in [-0.39, 0.29) is 0 Å². The van der Waals surface area contributed by atoms with Crippen LogP contribution in [-0.2, 0) is 4.74 Å². The zero-order valence-electron chi connectivity index (χ0n) is 20.1. The van der Waals surface area contributed by atoms with Gasteiger partial charge >= 0.3 is 0 Å². The molecule has 4 fully saturated rings. The van der Waals surface area contributed by atoms with Crippen LogP contribution in [0.4, 0.5) is 0 Å². The highest BCUT2D eigenvalue weighted by molar-refractivity contribution is 5.09. The maximum absolute atomic E-state index is 9.31. The zero-order chi connectivity index (χ0) is 21.4. The monoisotopic (exact) mass is 419 g/mol. The van der Waals surface area contributed by atoms with Crippen LogP contribution in [-0.4, -0.2) is 31.0 Å². The van der Waals surface area contributed by atoms with Crippen molar-refractivity contribution in [2.24, 2.45) is 52.1 Å². The molecule has 0 aromatic heterocycles. The Morgan fingerprint density at radius 2 is 1.73 bits per heavy atom. The van der Waals surface area contributed by atoms with Gasteiger partial charge in [-0.05, 0) is 130 Å². The molecule has 0 radical (unpaired) electrons. The second-order valence-corrected chi connectivity index (χ2v) is 12.1. The summed E-state index contributed by atoms with van der Waals surface area (Å²) < 4.78 is 6.21. The normalized spacial score (nSPS) is 46.7. The van der Waals surface area contributed by atoms with Crippen LogP contribution in [0, 0.1) is 46.3 Å². The van der Waals surface area contributed by atoms with E-state index in [0.717, 1.165) is 61.5 Å². The van der Waals surface area contributed by atoms with Crippen LogP contribution in [0.2, 0.25) is 0 Å². The standard InChI is InChI=1S/C27H49NO2/c1-19(6-4-16-29)23-9-10-24-22-8-7-20-18-21(30-17-5-15-28)11-13-26(20,2)25(22)12-14-27(23,24)3/h19-25,29H,4-18,28H2,1-3H3/t19-,20?,21-,22?,23?,24?,25?,26?,27?/m1/s1. The van der Waals surface area contributed by atoms with Crippen LogP contribution >= 0.6 is 0 Å². The first-order chi connectivity index (χ1) is 14.4. The fourth-order valence-corrected chi connectivity index (χ4v) is 9.29. The Bertz CT molecular complexity index is 567. The average molecular weight is 420 g/mol. The van der Waals surface area contributed by atoms with Crippen LogP contribution in [0.5, 0.6) is 0 Å². The van der Waals surface area contributed by atoms with Gasteiger partial charge < -0.3 is 15.6 Å². The van der Waals surface area contributed by atoms with Crippen molar-refractivity contribution in [1.82, 2.24) is 0 Å². The number of fused-ring (bicyclic) bond motifs is 5. The third kappa shape index (κ3) is 4.01. The molecule has 3 N–H and O–H groups in total. The Morgan fingerprint density at radius 1 is 0.967 bits per heavy atom. The van der Waals surface area contributed by atoms with Crippen molar-refractivity contribution in [3.05, 3.63) is 0 Å². The number of aliphatic hydroxyl groups is 1. The van der Waals surface area contributed by atoms with Crippen molar-refractivity contribution in [2.75, 3.05) is 19.8 Å². The van der Waals surface area contributed by atoms with Gasteiger partial charge in [0, 0.05) is 13.2 Å². The number of aliphatic hydroxyl groups excluding tert-OH is 1. The summed E-state index contributed by atoms with van der Waals surface area (Å²) in [6.07, 6.45) is 16.4. The van der Waals surface area contributed by atoms with E-state index in [1.165, 1.54) is 64.2 Å². The first kappa shape index (κ1) is 23.1. The van der Waals surface area contributed by atoms with Gasteiger partial charge in [-0.15, -0.1) is 0 Å². The van der Waals surface area contributed by atoms with Crippen LogP contribution in [0.1, 0.15) is 97.8 Å². The third-order valence-corrected chi connectivity index (χ3v) is 10.9. The Balaban J connectivity index is 1.43. The van der Waals surface area contributed by atoms with Gasteiger partial charge in [-0.1, -0.05) is 20.8 Å². The molecule has 3 nitrogen and oxygen atoms in total. The molecule has 4 rings (SSSR count). The minimum absolute atomic E-state index is 0.360. The highest BCUT2D eigenvalue weighted by atomic mass is 16.5. The molecule has 0 saturated heterocycles. The molecule has 4 aliphatic rings. The minimum atomic E-state index is 0.360. The number of ether oxygens (including phenoxy) is 1. The third-order valence-electron chi connectivity index (χ3n) is 10.9. The van der Waals surface area contributed by atoms with Crippen molar-refractivity contribution in [1.29, 1.82) is 0 Å². The topological polar surface area (TPSA) is 55.5 Å². The fraction of sp³-hybridized carbons (Fsp3) is 1.00. The Kier molecular flexibility index (Phi) is 7.22. The van der Waals surface area contributed by atoms with Gasteiger partial charge in [0.05, 0.1) is 6.10 Å². The van der Waals surface area contributed by atoms with Gasteiger partial charge in [0.2, 0.25) is 0 Å². The molecule has 0 aliphatic heterocycles. The first-order valence-corrected chi connectivity index (χ1v) is 13.4. The molecule has 0 bridgehead atoms. The van der Waals surface area contributed by atoms with Crippen molar-refractivity contribution < 1.29 is 9.84 Å². The molecule has 0 aromatic carbocycles. The van der Waals surface area contributed by atoms with Gasteiger partial charge in [-0.25, -0.2) is 0 Å². The predicted octanol–water partition coefficient (Wildman–Crippen LogP) is 5.79. The molecule has 4 saturated carbocycles. The number of rotatable bonds is 8. The molecule has 4 aliphatic carbocycles. The van der Waals surface area contributed by atoms with Gasteiger partial charge in [0.15, 0.2) is 0 Å². The molecule has 0 heterocycles. The summed E-state index contributed by atoms with van der Waals surface area (Å²) in [6.45, 7) is 9.77. The van der Waals surface area contributed by atoms with Crippen molar-refractivity contribution >= 4 is 0 Å². The fourth-order valence-electron chi connectivity index (χ4n) is 9.29. The van der Waals surface area contributed by atoms with E-state index in [4.69, 9.17) is 10.5 Å². The van der Waals surface area contributed by atoms with E-state index in [9.17, 15) is 5.11 Å². The Hall–Kier alpha value is -0.120. The lowest BCUT2D eigenvalue weighted by molar-refractivity contribution is -0.136. The van der Waals surface area contributed by atoms with E-state index in [1.54, 1.807) is 0 Å². The Morgan fingerprint density at radius 3 is 2.50 bits per heavy atom. The summed E-state index contributed by atoms with van der Waals surface area (Å²) in [6, 6.07) is 0. The smallest absolute Gasteiger partial charge is 0.0578 e. The van der Waals surface area contributed by atoms with E-state index in [0.29, 0.717) is 23.5 Å². The lowest BCUT2D eigenvalue weighted by atomic mass is 9.44. The molecule has 0 spiro atoms. The molecule has 7 unspecified atom stereocenters. The Labute approximate surface area is 185 Å². The second kappa shape index (κ2) is 9.40. The van der Waals surface area contributed by atoms with Gasteiger partial charge in [0.25, 0.3) is 0 Å². The van der Waals surface area contributed by atoms with Crippen LogP contribution < -0.4 is 5.73 Å². The molecule has 30 heavy (non-hydrogen) atoms. The molecule has 9 atom stereocenters.